The molecule has 0 amide bonds. The Balaban J connectivity index is 0.000000720. The Morgan fingerprint density at radius 3 is 2.58 bits per heavy atom. The van der Waals surface area contributed by atoms with Crippen LogP contribution < -0.4 is 0 Å². The van der Waals surface area contributed by atoms with Crippen LogP contribution >= 0.6 is 12.4 Å². The van der Waals surface area contributed by atoms with Crippen LogP contribution in [0.3, 0.4) is 0 Å². The van der Waals surface area contributed by atoms with Gasteiger partial charge in [-0.3, -0.25) is 4.98 Å². The Labute approximate surface area is 77.9 Å². The van der Waals surface area contributed by atoms with Crippen molar-refractivity contribution in [1.82, 2.24) is 4.98 Å². The first-order chi connectivity index (χ1) is 5.36. The van der Waals surface area contributed by atoms with Gasteiger partial charge in [0.2, 0.25) is 0 Å². The van der Waals surface area contributed by atoms with Gasteiger partial charge in [0.15, 0.2) is 0 Å². The van der Waals surface area contributed by atoms with Crippen LogP contribution in [0.1, 0.15) is 5.69 Å². The van der Waals surface area contributed by atoms with Crippen LogP contribution in [0.25, 0.3) is 10.9 Å². The van der Waals surface area contributed by atoms with Gasteiger partial charge in [-0.15, -0.1) is 12.4 Å². The van der Waals surface area contributed by atoms with Gasteiger partial charge in [-0.2, -0.15) is 0 Å². The smallest absolute Gasteiger partial charge is 0.0705 e. The summed E-state index contributed by atoms with van der Waals surface area (Å²) in [5.74, 6) is 0. The molecule has 0 spiro atoms. The summed E-state index contributed by atoms with van der Waals surface area (Å²) in [7, 11) is 0. The van der Waals surface area contributed by atoms with Crippen molar-refractivity contribution in [2.75, 3.05) is 0 Å². The van der Waals surface area contributed by atoms with Crippen molar-refractivity contribution in [3.63, 3.8) is 0 Å². The Morgan fingerprint density at radius 1 is 1.00 bits per heavy atom. The molecule has 1 aromatic heterocycles. The third-order valence-corrected chi connectivity index (χ3v) is 1.74. The van der Waals surface area contributed by atoms with Crippen molar-refractivity contribution < 1.29 is 0 Å². The van der Waals surface area contributed by atoms with Gasteiger partial charge in [0.05, 0.1) is 5.52 Å². The van der Waals surface area contributed by atoms with Gasteiger partial charge in [-0.1, -0.05) is 24.3 Å². The zero-order chi connectivity index (χ0) is 7.68. The number of nitrogens with zero attached hydrogens (tertiary/aromatic N) is 1. The van der Waals surface area contributed by atoms with Crippen LogP contribution in [0.15, 0.2) is 36.4 Å². The maximum Gasteiger partial charge on any atom is 0.0705 e. The largest absolute Gasteiger partial charge is 0.253 e. The quantitative estimate of drug-likeness (QED) is 0.606. The Hall–Kier alpha value is -1.08. The normalized spacial score (nSPS) is 9.42. The van der Waals surface area contributed by atoms with Crippen molar-refractivity contribution in [2.24, 2.45) is 0 Å². The number of pyridine rings is 1. The lowest BCUT2D eigenvalue weighted by Crippen LogP contribution is -1.80. The zero-order valence-electron chi connectivity index (χ0n) is 6.82. The number of aryl methyl sites for hydroxylation is 1. The molecule has 0 fully saturated rings. The minimum Gasteiger partial charge on any atom is -0.253 e. The molecule has 0 saturated carbocycles. The predicted octanol–water partition coefficient (Wildman–Crippen LogP) is 2.97. The van der Waals surface area contributed by atoms with Gasteiger partial charge in [0.25, 0.3) is 0 Å². The standard InChI is InChI=1S/C10H9N.ClH/c1-8-6-7-9-4-2-3-5-10(9)11-8;/h2-7H,1H3;1H. The Bertz CT molecular complexity index is 384. The fraction of sp³-hybridized carbons (Fsp3) is 0.100. The second-order valence-electron chi connectivity index (χ2n) is 2.65. The number of benzene rings is 1. The van der Waals surface area contributed by atoms with Crippen molar-refractivity contribution in [3.05, 3.63) is 42.1 Å². The van der Waals surface area contributed by atoms with Gasteiger partial charge in [0, 0.05) is 11.1 Å². The predicted molar refractivity (Wildman–Crippen MR) is 53.7 cm³/mol. The van der Waals surface area contributed by atoms with Crippen molar-refractivity contribution in [1.29, 1.82) is 0 Å². The molecule has 0 aliphatic heterocycles. The maximum absolute atomic E-state index is 4.38. The number of fused-ring (bicyclic) bond motifs is 1. The lowest BCUT2D eigenvalue weighted by Gasteiger charge is -1.95. The van der Waals surface area contributed by atoms with Gasteiger partial charge >= 0.3 is 0 Å². The van der Waals surface area contributed by atoms with E-state index in [1.54, 1.807) is 0 Å². The topological polar surface area (TPSA) is 12.9 Å². The lowest BCUT2D eigenvalue weighted by molar-refractivity contribution is 1.26. The molecule has 1 aromatic carbocycles. The van der Waals surface area contributed by atoms with E-state index < -0.39 is 0 Å². The molecule has 12 heavy (non-hydrogen) atoms. The van der Waals surface area contributed by atoms with Gasteiger partial charge in [0.1, 0.15) is 0 Å². The number of aromatic nitrogens is 1. The molecule has 1 nitrogen and oxygen atoms in total. The second-order valence-corrected chi connectivity index (χ2v) is 2.65. The highest BCUT2D eigenvalue weighted by atomic mass is 35.5. The monoisotopic (exact) mass is 179 g/mol. The molecular formula is C10H10ClN. The summed E-state index contributed by atoms with van der Waals surface area (Å²) in [6.45, 7) is 2.01. The zero-order valence-corrected chi connectivity index (χ0v) is 7.64. The molecule has 2 heteroatoms. The lowest BCUT2D eigenvalue weighted by atomic mass is 10.2. The molecule has 0 bridgehead atoms. The Kier molecular flexibility index (Phi) is 2.66. The molecule has 0 atom stereocenters. The van der Waals surface area contributed by atoms with E-state index in [0.717, 1.165) is 11.2 Å². The van der Waals surface area contributed by atoms with Crippen molar-refractivity contribution >= 4 is 23.3 Å². The van der Waals surface area contributed by atoms with Crippen LogP contribution in [0.2, 0.25) is 0 Å². The van der Waals surface area contributed by atoms with E-state index >= 15 is 0 Å². The van der Waals surface area contributed by atoms with Gasteiger partial charge < -0.3 is 0 Å². The highest BCUT2D eigenvalue weighted by Crippen LogP contribution is 2.10. The number of para-hydroxylation sites is 1. The molecule has 0 aliphatic carbocycles. The first kappa shape index (κ1) is 9.01. The Morgan fingerprint density at radius 2 is 1.75 bits per heavy atom. The minimum atomic E-state index is 0. The fourth-order valence-corrected chi connectivity index (χ4v) is 1.17. The number of rotatable bonds is 0. The van der Waals surface area contributed by atoms with Crippen LogP contribution in [0.5, 0.6) is 0 Å². The second kappa shape index (κ2) is 3.55. The summed E-state index contributed by atoms with van der Waals surface area (Å²) in [5.41, 5.74) is 2.15. The highest BCUT2D eigenvalue weighted by molar-refractivity contribution is 5.85. The third-order valence-electron chi connectivity index (χ3n) is 1.74. The van der Waals surface area contributed by atoms with Crippen molar-refractivity contribution in [2.45, 2.75) is 6.92 Å². The third kappa shape index (κ3) is 1.56. The SMILES string of the molecule is Cc1ccc2ccccc2n1.Cl. The van der Waals surface area contributed by atoms with E-state index in [0.29, 0.717) is 0 Å². The summed E-state index contributed by atoms with van der Waals surface area (Å²) in [6, 6.07) is 12.3. The average molecular weight is 180 g/mol. The van der Waals surface area contributed by atoms with E-state index in [2.05, 4.69) is 17.1 Å². The molecule has 0 saturated heterocycles. The molecule has 0 radical (unpaired) electrons. The number of hydrogen-bond acceptors (Lipinski definition) is 1. The number of halogens is 1. The van der Waals surface area contributed by atoms with E-state index in [1.807, 2.05) is 31.2 Å². The van der Waals surface area contributed by atoms with E-state index in [4.69, 9.17) is 0 Å². The first-order valence-electron chi connectivity index (χ1n) is 3.69. The van der Waals surface area contributed by atoms with Crippen LogP contribution in [0.4, 0.5) is 0 Å². The van der Waals surface area contributed by atoms with Crippen LogP contribution in [-0.2, 0) is 0 Å². The van der Waals surface area contributed by atoms with Crippen LogP contribution in [0, 0.1) is 6.92 Å². The molecule has 0 unspecified atom stereocenters. The van der Waals surface area contributed by atoms with Gasteiger partial charge in [-0.05, 0) is 19.1 Å². The molecule has 0 aliphatic rings. The summed E-state index contributed by atoms with van der Waals surface area (Å²) in [4.78, 5) is 4.38. The molecule has 62 valence electrons. The summed E-state index contributed by atoms with van der Waals surface area (Å²) >= 11 is 0. The maximum atomic E-state index is 4.38. The van der Waals surface area contributed by atoms with Crippen LogP contribution in [-0.4, -0.2) is 4.98 Å². The molecular weight excluding hydrogens is 170 g/mol. The van der Waals surface area contributed by atoms with Crippen molar-refractivity contribution in [3.8, 4) is 0 Å². The number of hydrogen-bond donors (Lipinski definition) is 0. The first-order valence-corrected chi connectivity index (χ1v) is 3.69. The summed E-state index contributed by atoms with van der Waals surface area (Å²) < 4.78 is 0. The molecule has 0 N–H and O–H groups in total. The molecule has 2 aromatic rings. The van der Waals surface area contributed by atoms with E-state index in [9.17, 15) is 0 Å². The summed E-state index contributed by atoms with van der Waals surface area (Å²) in [5, 5.41) is 1.21. The van der Waals surface area contributed by atoms with Gasteiger partial charge in [-0.25, -0.2) is 0 Å². The summed E-state index contributed by atoms with van der Waals surface area (Å²) in [6.07, 6.45) is 0. The average Bonchev–Trinajstić information content (AvgIpc) is 2.04. The van der Waals surface area contributed by atoms with E-state index in [-0.39, 0.29) is 12.4 Å². The van der Waals surface area contributed by atoms with E-state index in [1.165, 1.54) is 5.39 Å². The highest BCUT2D eigenvalue weighted by Gasteiger charge is 1.90. The fourth-order valence-electron chi connectivity index (χ4n) is 1.17. The molecule has 2 rings (SSSR count). The molecule has 1 heterocycles. The minimum absolute atomic E-state index is 0.